The van der Waals surface area contributed by atoms with E-state index in [4.69, 9.17) is 5.26 Å². The van der Waals surface area contributed by atoms with Gasteiger partial charge in [0.15, 0.2) is 0 Å². The van der Waals surface area contributed by atoms with Gasteiger partial charge in [0.05, 0.1) is 5.56 Å². The van der Waals surface area contributed by atoms with Gasteiger partial charge in [0.25, 0.3) is 0 Å². The van der Waals surface area contributed by atoms with Gasteiger partial charge in [-0.15, -0.1) is 0 Å². The van der Waals surface area contributed by atoms with E-state index in [1.54, 1.807) is 12.1 Å². The van der Waals surface area contributed by atoms with Crippen molar-refractivity contribution in [3.8, 4) is 6.07 Å². The first kappa shape index (κ1) is 12.0. The van der Waals surface area contributed by atoms with Crippen LogP contribution in [0.15, 0.2) is 18.2 Å². The predicted octanol–water partition coefficient (Wildman–Crippen LogP) is 1.54. The quantitative estimate of drug-likeness (QED) is 0.832. The van der Waals surface area contributed by atoms with Crippen LogP contribution < -0.4 is 10.6 Å². The molecule has 2 rings (SSSR count). The zero-order chi connectivity index (χ0) is 12.3. The normalized spacial score (nSPS) is 23.6. The molecular formula is C13H16FN3. The van der Waals surface area contributed by atoms with Crippen molar-refractivity contribution in [3.05, 3.63) is 35.1 Å². The van der Waals surface area contributed by atoms with Crippen molar-refractivity contribution < 1.29 is 4.39 Å². The number of nitriles is 1. The lowest BCUT2D eigenvalue weighted by Gasteiger charge is -2.24. The molecular weight excluding hydrogens is 217 g/mol. The molecule has 1 aliphatic rings. The third kappa shape index (κ3) is 2.82. The van der Waals surface area contributed by atoms with Gasteiger partial charge in [-0.3, -0.25) is 0 Å². The molecule has 1 heterocycles. The fourth-order valence-corrected chi connectivity index (χ4v) is 2.05. The van der Waals surface area contributed by atoms with Crippen molar-refractivity contribution in [1.82, 2.24) is 10.6 Å². The van der Waals surface area contributed by atoms with Crippen LogP contribution in [0.1, 0.15) is 24.5 Å². The highest BCUT2D eigenvalue weighted by Gasteiger charge is 2.27. The van der Waals surface area contributed by atoms with Crippen LogP contribution in [0.25, 0.3) is 0 Å². The Hall–Kier alpha value is -1.44. The molecule has 2 N–H and O–H groups in total. The molecule has 1 aromatic rings. The fourth-order valence-electron chi connectivity index (χ4n) is 2.05. The maximum atomic E-state index is 13.1. The zero-order valence-corrected chi connectivity index (χ0v) is 9.89. The predicted molar refractivity (Wildman–Crippen MR) is 63.8 cm³/mol. The van der Waals surface area contributed by atoms with Crippen LogP contribution >= 0.6 is 0 Å². The lowest BCUT2D eigenvalue weighted by Crippen LogP contribution is -2.43. The maximum Gasteiger partial charge on any atom is 0.140 e. The summed E-state index contributed by atoms with van der Waals surface area (Å²) in [5.74, 6) is -0.454. The van der Waals surface area contributed by atoms with Crippen LogP contribution in [-0.2, 0) is 6.54 Å². The van der Waals surface area contributed by atoms with E-state index in [0.717, 1.165) is 25.1 Å². The zero-order valence-electron chi connectivity index (χ0n) is 9.89. The number of nitrogens with one attached hydrogen (secondary N) is 2. The number of rotatable bonds is 3. The lowest BCUT2D eigenvalue weighted by molar-refractivity contribution is 0.385. The van der Waals surface area contributed by atoms with Crippen LogP contribution in [0.2, 0.25) is 0 Å². The minimum absolute atomic E-state index is 0.0984. The summed E-state index contributed by atoms with van der Waals surface area (Å²) in [6.45, 7) is 4.80. The average molecular weight is 233 g/mol. The first-order valence-corrected chi connectivity index (χ1v) is 5.77. The molecule has 1 aromatic carbocycles. The Labute approximate surface area is 101 Å². The van der Waals surface area contributed by atoms with Crippen molar-refractivity contribution in [2.75, 3.05) is 13.1 Å². The summed E-state index contributed by atoms with van der Waals surface area (Å²) in [6.07, 6.45) is 1.08. The number of hydrogen-bond donors (Lipinski definition) is 2. The second-order valence-electron chi connectivity index (χ2n) is 4.77. The second-order valence-corrected chi connectivity index (χ2v) is 4.77. The Morgan fingerprint density at radius 2 is 2.41 bits per heavy atom. The average Bonchev–Trinajstić information content (AvgIpc) is 2.76. The van der Waals surface area contributed by atoms with Crippen LogP contribution in [0.3, 0.4) is 0 Å². The van der Waals surface area contributed by atoms with Gasteiger partial charge >= 0.3 is 0 Å². The van der Waals surface area contributed by atoms with Crippen molar-refractivity contribution >= 4 is 0 Å². The number of benzene rings is 1. The van der Waals surface area contributed by atoms with E-state index in [0.29, 0.717) is 6.54 Å². The molecule has 0 radical (unpaired) electrons. The summed E-state index contributed by atoms with van der Waals surface area (Å²) in [4.78, 5) is 0. The van der Waals surface area contributed by atoms with E-state index in [2.05, 4.69) is 17.6 Å². The summed E-state index contributed by atoms with van der Waals surface area (Å²) in [5, 5.41) is 15.5. The molecule has 1 fully saturated rings. The Morgan fingerprint density at radius 3 is 3.06 bits per heavy atom. The molecule has 0 bridgehead atoms. The van der Waals surface area contributed by atoms with Crippen molar-refractivity contribution in [2.24, 2.45) is 0 Å². The highest BCUT2D eigenvalue weighted by molar-refractivity contribution is 5.34. The standard InChI is InChI=1S/C13H16FN3/c1-13(4-5-16-9-13)17-8-10-2-3-12(14)11(6-10)7-15/h2-3,6,16-17H,4-5,8-9H2,1H3. The molecule has 0 aliphatic carbocycles. The molecule has 0 amide bonds. The smallest absolute Gasteiger partial charge is 0.140 e. The Bertz CT molecular complexity index is 444. The fraction of sp³-hybridized carbons (Fsp3) is 0.462. The first-order chi connectivity index (χ1) is 8.13. The third-order valence-corrected chi connectivity index (χ3v) is 3.24. The monoisotopic (exact) mass is 233 g/mol. The van der Waals surface area contributed by atoms with Crippen LogP contribution in [0, 0.1) is 17.1 Å². The molecule has 1 atom stereocenters. The van der Waals surface area contributed by atoms with E-state index in [9.17, 15) is 4.39 Å². The maximum absolute atomic E-state index is 13.1. The van der Waals surface area contributed by atoms with Crippen molar-refractivity contribution in [2.45, 2.75) is 25.4 Å². The highest BCUT2D eigenvalue weighted by atomic mass is 19.1. The van der Waals surface area contributed by atoms with Crippen molar-refractivity contribution in [1.29, 1.82) is 5.26 Å². The number of hydrogen-bond acceptors (Lipinski definition) is 3. The molecule has 1 saturated heterocycles. The molecule has 0 spiro atoms. The molecule has 4 heteroatoms. The first-order valence-electron chi connectivity index (χ1n) is 5.77. The van der Waals surface area contributed by atoms with Gasteiger partial charge in [-0.05, 0) is 37.6 Å². The van der Waals surface area contributed by atoms with Gasteiger partial charge in [0.2, 0.25) is 0 Å². The summed E-state index contributed by atoms with van der Waals surface area (Å²) in [6, 6.07) is 6.53. The molecule has 0 aromatic heterocycles. The molecule has 90 valence electrons. The van der Waals surface area contributed by atoms with E-state index >= 15 is 0 Å². The van der Waals surface area contributed by atoms with Crippen molar-refractivity contribution in [3.63, 3.8) is 0 Å². The van der Waals surface area contributed by atoms with Crippen LogP contribution in [0.4, 0.5) is 4.39 Å². The van der Waals surface area contributed by atoms with Gasteiger partial charge < -0.3 is 10.6 Å². The molecule has 0 saturated carbocycles. The molecule has 17 heavy (non-hydrogen) atoms. The minimum atomic E-state index is -0.454. The Morgan fingerprint density at radius 1 is 1.59 bits per heavy atom. The van der Waals surface area contributed by atoms with E-state index in [1.165, 1.54) is 6.07 Å². The molecule has 1 aliphatic heterocycles. The molecule has 1 unspecified atom stereocenters. The van der Waals surface area contributed by atoms with E-state index in [-0.39, 0.29) is 11.1 Å². The third-order valence-electron chi connectivity index (χ3n) is 3.24. The van der Waals surface area contributed by atoms with E-state index < -0.39 is 5.82 Å². The summed E-state index contributed by atoms with van der Waals surface area (Å²) >= 11 is 0. The number of nitrogens with zero attached hydrogens (tertiary/aromatic N) is 1. The summed E-state index contributed by atoms with van der Waals surface area (Å²) in [5.41, 5.74) is 1.15. The minimum Gasteiger partial charge on any atom is -0.315 e. The Balaban J connectivity index is 2.02. The van der Waals surface area contributed by atoms with Gasteiger partial charge in [0.1, 0.15) is 11.9 Å². The largest absolute Gasteiger partial charge is 0.315 e. The van der Waals surface area contributed by atoms with E-state index in [1.807, 2.05) is 6.07 Å². The lowest BCUT2D eigenvalue weighted by atomic mass is 10.0. The highest BCUT2D eigenvalue weighted by Crippen LogP contribution is 2.15. The summed E-state index contributed by atoms with van der Waals surface area (Å²) < 4.78 is 13.1. The van der Waals surface area contributed by atoms with Crippen LogP contribution in [-0.4, -0.2) is 18.6 Å². The Kier molecular flexibility index (Phi) is 3.41. The second kappa shape index (κ2) is 4.82. The van der Waals surface area contributed by atoms with Gasteiger partial charge in [-0.1, -0.05) is 6.07 Å². The molecule has 3 nitrogen and oxygen atoms in total. The number of halogens is 1. The topological polar surface area (TPSA) is 47.9 Å². The van der Waals surface area contributed by atoms with Gasteiger partial charge in [-0.2, -0.15) is 5.26 Å². The van der Waals surface area contributed by atoms with Crippen LogP contribution in [0.5, 0.6) is 0 Å². The van der Waals surface area contributed by atoms with Gasteiger partial charge in [-0.25, -0.2) is 4.39 Å². The summed E-state index contributed by atoms with van der Waals surface area (Å²) in [7, 11) is 0. The SMILES string of the molecule is CC1(NCc2ccc(F)c(C#N)c2)CCNC1. The van der Waals surface area contributed by atoms with Gasteiger partial charge in [0, 0.05) is 18.6 Å².